The third kappa shape index (κ3) is 4.83. The van der Waals surface area contributed by atoms with Crippen LogP contribution in [-0.2, 0) is 12.0 Å². The molecule has 3 rings (SSSR count). The number of aromatic nitrogens is 1. The van der Waals surface area contributed by atoms with Crippen LogP contribution in [0, 0.1) is 0 Å². The van der Waals surface area contributed by atoms with Crippen molar-refractivity contribution in [1.82, 2.24) is 14.8 Å². The van der Waals surface area contributed by atoms with Crippen LogP contribution >= 0.6 is 11.3 Å². The summed E-state index contributed by atoms with van der Waals surface area (Å²) < 4.78 is 10.6. The summed E-state index contributed by atoms with van der Waals surface area (Å²) in [5.41, 5.74) is 1.80. The maximum atomic E-state index is 12.9. The monoisotopic (exact) mass is 403 g/mol. The highest BCUT2D eigenvalue weighted by Crippen LogP contribution is 2.26. The molecule has 0 radical (unpaired) electrons. The molecule has 0 N–H and O–H groups in total. The minimum absolute atomic E-state index is 0.0144. The van der Waals surface area contributed by atoms with Gasteiger partial charge in [-0.2, -0.15) is 0 Å². The quantitative estimate of drug-likeness (QED) is 0.766. The average Bonchev–Trinajstić information content (AvgIpc) is 3.16. The number of amides is 1. The fourth-order valence-electron chi connectivity index (χ4n) is 3.18. The summed E-state index contributed by atoms with van der Waals surface area (Å²) in [7, 11) is 3.18. The molecule has 1 fully saturated rings. The minimum Gasteiger partial charge on any atom is -0.497 e. The van der Waals surface area contributed by atoms with Crippen LogP contribution in [-0.4, -0.2) is 61.1 Å². The Kier molecular flexibility index (Phi) is 6.25. The zero-order valence-electron chi connectivity index (χ0n) is 17.3. The fraction of sp³-hybridized carbons (Fsp3) is 0.524. The van der Waals surface area contributed by atoms with Gasteiger partial charge in [0.15, 0.2) is 0 Å². The van der Waals surface area contributed by atoms with Crippen LogP contribution in [0.1, 0.15) is 41.8 Å². The third-order valence-corrected chi connectivity index (χ3v) is 6.15. The molecular weight excluding hydrogens is 374 g/mol. The summed E-state index contributed by atoms with van der Waals surface area (Å²) in [6.07, 6.45) is 0. The second-order valence-electron chi connectivity index (χ2n) is 8.06. The molecule has 28 heavy (non-hydrogen) atoms. The lowest BCUT2D eigenvalue weighted by Crippen LogP contribution is -2.48. The van der Waals surface area contributed by atoms with E-state index < -0.39 is 0 Å². The fourth-order valence-corrected chi connectivity index (χ4v) is 4.07. The van der Waals surface area contributed by atoms with E-state index in [9.17, 15) is 4.79 Å². The van der Waals surface area contributed by atoms with Gasteiger partial charge in [0.1, 0.15) is 11.5 Å². The van der Waals surface area contributed by atoms with Crippen molar-refractivity contribution in [2.24, 2.45) is 0 Å². The lowest BCUT2D eigenvalue weighted by Gasteiger charge is -2.34. The number of thiazole rings is 1. The molecular formula is C21H29N3O3S. The Balaban J connectivity index is 1.59. The molecule has 152 valence electrons. The number of ether oxygens (including phenoxy) is 2. The Morgan fingerprint density at radius 1 is 1.07 bits per heavy atom. The first-order valence-electron chi connectivity index (χ1n) is 9.49. The van der Waals surface area contributed by atoms with Crippen LogP contribution in [0.4, 0.5) is 0 Å². The Morgan fingerprint density at radius 3 is 2.18 bits per heavy atom. The molecule has 0 atom stereocenters. The number of piperazine rings is 1. The van der Waals surface area contributed by atoms with E-state index in [1.54, 1.807) is 43.8 Å². The van der Waals surface area contributed by atoms with Crippen molar-refractivity contribution in [3.05, 3.63) is 39.8 Å². The highest BCUT2D eigenvalue weighted by atomic mass is 32.1. The summed E-state index contributed by atoms with van der Waals surface area (Å²) in [6.45, 7) is 10.5. The smallest absolute Gasteiger partial charge is 0.254 e. The number of carbonyl (C=O) groups is 1. The van der Waals surface area contributed by atoms with Crippen molar-refractivity contribution in [2.75, 3.05) is 40.4 Å². The number of rotatable bonds is 5. The molecule has 1 aliphatic rings. The van der Waals surface area contributed by atoms with E-state index in [4.69, 9.17) is 14.5 Å². The maximum absolute atomic E-state index is 12.9. The topological polar surface area (TPSA) is 54.9 Å². The Bertz CT molecular complexity index is 798. The van der Waals surface area contributed by atoms with E-state index in [2.05, 4.69) is 31.1 Å². The van der Waals surface area contributed by atoms with Gasteiger partial charge in [0.2, 0.25) is 0 Å². The Morgan fingerprint density at radius 2 is 1.68 bits per heavy atom. The number of benzene rings is 1. The largest absolute Gasteiger partial charge is 0.497 e. The summed E-state index contributed by atoms with van der Waals surface area (Å²) in [5, 5.41) is 3.32. The molecule has 1 aromatic carbocycles. The van der Waals surface area contributed by atoms with Gasteiger partial charge in [0, 0.05) is 55.1 Å². The molecule has 1 aliphatic heterocycles. The summed E-state index contributed by atoms with van der Waals surface area (Å²) in [5.74, 6) is 1.26. The zero-order chi connectivity index (χ0) is 20.3. The van der Waals surface area contributed by atoms with Gasteiger partial charge in [-0.15, -0.1) is 11.3 Å². The van der Waals surface area contributed by atoms with Crippen molar-refractivity contribution >= 4 is 17.2 Å². The van der Waals surface area contributed by atoms with E-state index >= 15 is 0 Å². The predicted molar refractivity (Wildman–Crippen MR) is 112 cm³/mol. The highest BCUT2D eigenvalue weighted by molar-refractivity contribution is 7.09. The number of nitrogens with zero attached hydrogens (tertiary/aromatic N) is 3. The highest BCUT2D eigenvalue weighted by Gasteiger charge is 2.24. The Labute approximate surface area is 171 Å². The first-order valence-corrected chi connectivity index (χ1v) is 10.4. The van der Waals surface area contributed by atoms with Crippen LogP contribution in [0.15, 0.2) is 23.6 Å². The van der Waals surface area contributed by atoms with E-state index in [0.29, 0.717) is 30.2 Å². The predicted octanol–water partition coefficient (Wildman–Crippen LogP) is 3.42. The van der Waals surface area contributed by atoms with Crippen LogP contribution in [0.3, 0.4) is 0 Å². The number of hydrogen-bond acceptors (Lipinski definition) is 6. The first kappa shape index (κ1) is 20.6. The molecule has 0 bridgehead atoms. The molecule has 1 saturated heterocycles. The lowest BCUT2D eigenvalue weighted by molar-refractivity contribution is 0.0626. The summed E-state index contributed by atoms with van der Waals surface area (Å²) >= 11 is 1.73. The van der Waals surface area contributed by atoms with Crippen LogP contribution in [0.5, 0.6) is 11.5 Å². The van der Waals surface area contributed by atoms with Crippen molar-refractivity contribution < 1.29 is 14.3 Å². The van der Waals surface area contributed by atoms with Crippen LogP contribution < -0.4 is 9.47 Å². The van der Waals surface area contributed by atoms with Gasteiger partial charge in [-0.25, -0.2) is 4.98 Å². The normalized spacial score (nSPS) is 15.5. The van der Waals surface area contributed by atoms with Crippen molar-refractivity contribution in [3.63, 3.8) is 0 Å². The van der Waals surface area contributed by atoms with Gasteiger partial charge in [-0.1, -0.05) is 20.8 Å². The summed E-state index contributed by atoms with van der Waals surface area (Å²) in [4.78, 5) is 21.9. The second-order valence-corrected chi connectivity index (χ2v) is 8.92. The summed E-state index contributed by atoms with van der Waals surface area (Å²) in [6, 6.07) is 5.30. The van der Waals surface area contributed by atoms with E-state index in [-0.39, 0.29) is 11.3 Å². The van der Waals surface area contributed by atoms with E-state index in [1.165, 1.54) is 5.01 Å². The first-order chi connectivity index (χ1) is 13.3. The molecule has 0 saturated carbocycles. The number of methoxy groups -OCH3 is 2. The molecule has 0 aliphatic carbocycles. The van der Waals surface area contributed by atoms with Gasteiger partial charge < -0.3 is 14.4 Å². The molecule has 1 aromatic heterocycles. The van der Waals surface area contributed by atoms with Gasteiger partial charge in [0.05, 0.1) is 24.9 Å². The van der Waals surface area contributed by atoms with Crippen LogP contribution in [0.25, 0.3) is 0 Å². The van der Waals surface area contributed by atoms with Gasteiger partial charge in [0.25, 0.3) is 5.91 Å². The average molecular weight is 404 g/mol. The standard InChI is InChI=1S/C21H29N3O3S/c1-21(2,3)20-22-16(14-28-20)13-23-6-8-24(9-7-23)19(25)15-10-17(26-4)12-18(11-15)27-5/h10-12,14H,6-9,13H2,1-5H3. The maximum Gasteiger partial charge on any atom is 0.254 e. The van der Waals surface area contributed by atoms with E-state index in [1.807, 2.05) is 4.90 Å². The van der Waals surface area contributed by atoms with E-state index in [0.717, 1.165) is 25.3 Å². The molecule has 0 spiro atoms. The van der Waals surface area contributed by atoms with Crippen molar-refractivity contribution in [1.29, 1.82) is 0 Å². The SMILES string of the molecule is COc1cc(OC)cc(C(=O)N2CCN(Cc3csc(C(C)(C)C)n3)CC2)c1. The molecule has 6 nitrogen and oxygen atoms in total. The number of carbonyl (C=O) groups excluding carboxylic acids is 1. The molecule has 2 aromatic rings. The van der Waals surface area contributed by atoms with Gasteiger partial charge in [-0.05, 0) is 12.1 Å². The second kappa shape index (κ2) is 8.49. The van der Waals surface area contributed by atoms with Crippen molar-refractivity contribution in [3.8, 4) is 11.5 Å². The molecule has 0 unspecified atom stereocenters. The molecule has 1 amide bonds. The molecule has 2 heterocycles. The Hall–Kier alpha value is -2.12. The van der Waals surface area contributed by atoms with Crippen molar-refractivity contribution in [2.45, 2.75) is 32.7 Å². The third-order valence-electron chi connectivity index (χ3n) is 4.84. The molecule has 7 heteroatoms. The lowest BCUT2D eigenvalue weighted by atomic mass is 9.98. The minimum atomic E-state index is 0.0144. The van der Waals surface area contributed by atoms with Gasteiger partial charge >= 0.3 is 0 Å². The van der Waals surface area contributed by atoms with Gasteiger partial charge in [-0.3, -0.25) is 9.69 Å². The van der Waals surface area contributed by atoms with Crippen LogP contribution in [0.2, 0.25) is 0 Å². The number of hydrogen-bond donors (Lipinski definition) is 0. The zero-order valence-corrected chi connectivity index (χ0v) is 18.1.